The van der Waals surface area contributed by atoms with Crippen molar-refractivity contribution in [2.45, 2.75) is 0 Å². The lowest BCUT2D eigenvalue weighted by Gasteiger charge is -2.11. The van der Waals surface area contributed by atoms with Gasteiger partial charge in [0.1, 0.15) is 5.75 Å². The molecule has 2 N–H and O–H groups in total. The predicted molar refractivity (Wildman–Crippen MR) is 95.9 cm³/mol. The minimum absolute atomic E-state index is 0.0696. The number of nitrogens with one attached hydrogen (secondary N) is 2. The lowest BCUT2D eigenvalue weighted by atomic mass is 10.2. The molecule has 120 valence electrons. The SMILES string of the molecule is COc1cc([N+](=O)[O-])ccc1NC(=O)CNc1ccccc1I. The summed E-state index contributed by atoms with van der Waals surface area (Å²) in [5, 5.41) is 16.4. The van der Waals surface area contributed by atoms with Gasteiger partial charge in [-0.3, -0.25) is 14.9 Å². The third-order valence-corrected chi connectivity index (χ3v) is 3.92. The van der Waals surface area contributed by atoms with Crippen LogP contribution in [-0.2, 0) is 4.79 Å². The first kappa shape index (κ1) is 17.0. The number of nitro groups is 1. The van der Waals surface area contributed by atoms with E-state index in [1.807, 2.05) is 24.3 Å². The lowest BCUT2D eigenvalue weighted by molar-refractivity contribution is -0.384. The number of rotatable bonds is 6. The highest BCUT2D eigenvalue weighted by Crippen LogP contribution is 2.28. The number of halogens is 1. The average Bonchev–Trinajstić information content (AvgIpc) is 2.54. The molecule has 0 unspecified atom stereocenters. The van der Waals surface area contributed by atoms with Crippen molar-refractivity contribution in [3.63, 3.8) is 0 Å². The average molecular weight is 427 g/mol. The van der Waals surface area contributed by atoms with E-state index in [1.54, 1.807) is 0 Å². The Morgan fingerprint density at radius 3 is 2.65 bits per heavy atom. The van der Waals surface area contributed by atoms with Crippen LogP contribution in [-0.4, -0.2) is 24.5 Å². The summed E-state index contributed by atoms with van der Waals surface area (Å²) in [7, 11) is 1.39. The van der Waals surface area contributed by atoms with E-state index in [-0.39, 0.29) is 23.9 Å². The molecule has 0 spiro atoms. The molecule has 8 heteroatoms. The fraction of sp³-hybridized carbons (Fsp3) is 0.133. The van der Waals surface area contributed by atoms with E-state index in [1.165, 1.54) is 25.3 Å². The van der Waals surface area contributed by atoms with Crippen LogP contribution >= 0.6 is 22.6 Å². The van der Waals surface area contributed by atoms with Crippen molar-refractivity contribution >= 4 is 45.6 Å². The first-order valence-corrected chi connectivity index (χ1v) is 7.70. The molecule has 23 heavy (non-hydrogen) atoms. The van der Waals surface area contributed by atoms with Crippen LogP contribution in [0.5, 0.6) is 5.75 Å². The van der Waals surface area contributed by atoms with Gasteiger partial charge in [-0.05, 0) is 40.8 Å². The summed E-state index contributed by atoms with van der Waals surface area (Å²) in [5.41, 5.74) is 1.14. The molecule has 2 rings (SSSR count). The molecule has 0 atom stereocenters. The van der Waals surface area contributed by atoms with E-state index >= 15 is 0 Å². The number of carbonyl (C=O) groups is 1. The van der Waals surface area contributed by atoms with Crippen molar-refractivity contribution in [2.24, 2.45) is 0 Å². The molecule has 0 aromatic heterocycles. The Balaban J connectivity index is 2.03. The Morgan fingerprint density at radius 1 is 1.26 bits per heavy atom. The number of amides is 1. The van der Waals surface area contributed by atoms with Gasteiger partial charge in [0, 0.05) is 15.3 Å². The maximum Gasteiger partial charge on any atom is 0.273 e. The van der Waals surface area contributed by atoms with Crippen LogP contribution in [0.2, 0.25) is 0 Å². The molecule has 0 aliphatic heterocycles. The Morgan fingerprint density at radius 2 is 2.00 bits per heavy atom. The third kappa shape index (κ3) is 4.55. The van der Waals surface area contributed by atoms with Crippen LogP contribution in [0.3, 0.4) is 0 Å². The summed E-state index contributed by atoms with van der Waals surface area (Å²) in [6.07, 6.45) is 0. The maximum absolute atomic E-state index is 12.0. The Kier molecular flexibility index (Phi) is 5.74. The predicted octanol–water partition coefficient (Wildman–Crippen LogP) is 3.26. The van der Waals surface area contributed by atoms with Gasteiger partial charge < -0.3 is 15.4 Å². The fourth-order valence-electron chi connectivity index (χ4n) is 1.87. The summed E-state index contributed by atoms with van der Waals surface area (Å²) in [6.45, 7) is 0.0696. The zero-order valence-electron chi connectivity index (χ0n) is 12.2. The minimum atomic E-state index is -0.521. The van der Waals surface area contributed by atoms with E-state index in [0.717, 1.165) is 9.26 Å². The fourth-order valence-corrected chi connectivity index (χ4v) is 2.45. The normalized spacial score (nSPS) is 10.0. The van der Waals surface area contributed by atoms with Gasteiger partial charge >= 0.3 is 0 Å². The number of non-ortho nitro benzene ring substituents is 1. The largest absolute Gasteiger partial charge is 0.494 e. The van der Waals surface area contributed by atoms with Crippen molar-refractivity contribution in [2.75, 3.05) is 24.3 Å². The zero-order chi connectivity index (χ0) is 16.8. The molecule has 2 aromatic carbocycles. The van der Waals surface area contributed by atoms with Gasteiger partial charge in [-0.25, -0.2) is 0 Å². The second-order valence-corrected chi connectivity index (χ2v) is 5.69. The highest BCUT2D eigenvalue weighted by Gasteiger charge is 2.13. The van der Waals surface area contributed by atoms with Gasteiger partial charge in [-0.2, -0.15) is 0 Å². The van der Waals surface area contributed by atoms with Gasteiger partial charge in [-0.1, -0.05) is 12.1 Å². The second kappa shape index (κ2) is 7.77. The van der Waals surface area contributed by atoms with Crippen LogP contribution in [0.1, 0.15) is 0 Å². The van der Waals surface area contributed by atoms with Crippen molar-refractivity contribution < 1.29 is 14.5 Å². The summed E-state index contributed by atoms with van der Waals surface area (Å²) in [6, 6.07) is 11.6. The third-order valence-electron chi connectivity index (χ3n) is 2.98. The molecule has 0 saturated heterocycles. The van der Waals surface area contributed by atoms with Gasteiger partial charge in [0.05, 0.1) is 30.3 Å². The standard InChI is InChI=1S/C15H14IN3O4/c1-23-14-8-10(19(21)22)6-7-13(14)18-15(20)9-17-12-5-3-2-4-11(12)16/h2-8,17H,9H2,1H3,(H,18,20). The molecule has 2 aromatic rings. The van der Waals surface area contributed by atoms with Gasteiger partial charge in [0.25, 0.3) is 5.69 Å². The number of nitrogens with zero attached hydrogens (tertiary/aromatic N) is 1. The number of hydrogen-bond acceptors (Lipinski definition) is 5. The van der Waals surface area contributed by atoms with E-state index in [2.05, 4.69) is 33.2 Å². The molecule has 7 nitrogen and oxygen atoms in total. The van der Waals surface area contributed by atoms with Crippen LogP contribution < -0.4 is 15.4 Å². The van der Waals surface area contributed by atoms with Crippen molar-refractivity contribution in [3.8, 4) is 5.75 Å². The summed E-state index contributed by atoms with van der Waals surface area (Å²) in [5.74, 6) is -0.0429. The first-order chi connectivity index (χ1) is 11.0. The van der Waals surface area contributed by atoms with Gasteiger partial charge in [-0.15, -0.1) is 0 Å². The summed E-state index contributed by atoms with van der Waals surface area (Å²) >= 11 is 2.17. The van der Waals surface area contributed by atoms with E-state index in [0.29, 0.717) is 5.69 Å². The molecule has 0 bridgehead atoms. The Bertz CT molecular complexity index is 736. The monoisotopic (exact) mass is 427 g/mol. The van der Waals surface area contributed by atoms with Gasteiger partial charge in [0.15, 0.2) is 0 Å². The highest BCUT2D eigenvalue weighted by atomic mass is 127. The molecule has 1 amide bonds. The number of para-hydroxylation sites is 1. The number of hydrogen-bond donors (Lipinski definition) is 2. The Hall–Kier alpha value is -2.36. The smallest absolute Gasteiger partial charge is 0.273 e. The van der Waals surface area contributed by atoms with Crippen molar-refractivity contribution in [3.05, 3.63) is 56.1 Å². The molecule has 0 fully saturated rings. The van der Waals surface area contributed by atoms with E-state index < -0.39 is 4.92 Å². The van der Waals surface area contributed by atoms with Crippen molar-refractivity contribution in [1.82, 2.24) is 0 Å². The summed E-state index contributed by atoms with van der Waals surface area (Å²) < 4.78 is 6.08. The number of carbonyl (C=O) groups excluding carboxylic acids is 1. The quantitative estimate of drug-likeness (QED) is 0.420. The van der Waals surface area contributed by atoms with Crippen LogP contribution in [0.15, 0.2) is 42.5 Å². The number of nitro benzene ring substituents is 1. The van der Waals surface area contributed by atoms with Crippen LogP contribution in [0, 0.1) is 13.7 Å². The van der Waals surface area contributed by atoms with Crippen LogP contribution in [0.4, 0.5) is 17.1 Å². The van der Waals surface area contributed by atoms with E-state index in [4.69, 9.17) is 4.74 Å². The molecule has 0 saturated carbocycles. The number of anilines is 2. The summed E-state index contributed by atoms with van der Waals surface area (Å²) in [4.78, 5) is 22.2. The number of methoxy groups -OCH3 is 1. The van der Waals surface area contributed by atoms with Crippen LogP contribution in [0.25, 0.3) is 0 Å². The Labute approximate surface area is 146 Å². The molecular weight excluding hydrogens is 413 g/mol. The molecule has 0 aliphatic carbocycles. The van der Waals surface area contributed by atoms with Gasteiger partial charge in [0.2, 0.25) is 5.91 Å². The molecule has 0 heterocycles. The zero-order valence-corrected chi connectivity index (χ0v) is 14.4. The molecular formula is C15H14IN3O4. The molecule has 0 radical (unpaired) electrons. The lowest BCUT2D eigenvalue weighted by Crippen LogP contribution is -2.22. The minimum Gasteiger partial charge on any atom is -0.494 e. The van der Waals surface area contributed by atoms with E-state index in [9.17, 15) is 14.9 Å². The number of ether oxygens (including phenoxy) is 1. The maximum atomic E-state index is 12.0. The highest BCUT2D eigenvalue weighted by molar-refractivity contribution is 14.1. The second-order valence-electron chi connectivity index (χ2n) is 4.52. The first-order valence-electron chi connectivity index (χ1n) is 6.62. The molecule has 0 aliphatic rings. The topological polar surface area (TPSA) is 93.5 Å². The van der Waals surface area contributed by atoms with Crippen molar-refractivity contribution in [1.29, 1.82) is 0 Å². The number of benzene rings is 2.